The molecule has 4 nitrogen and oxygen atoms in total. The Labute approximate surface area is 197 Å². The molecule has 0 saturated carbocycles. The quantitative estimate of drug-likeness (QED) is 0.350. The highest BCUT2D eigenvalue weighted by Crippen LogP contribution is 2.30. The Kier molecular flexibility index (Phi) is 7.92. The molecule has 0 heterocycles. The highest BCUT2D eigenvalue weighted by atomic mass is 35.5. The summed E-state index contributed by atoms with van der Waals surface area (Å²) >= 11 is 25.3. The highest BCUT2D eigenvalue weighted by molar-refractivity contribution is 8.00. The molecule has 2 N–H and O–H groups in total. The first kappa shape index (κ1) is 22.8. The monoisotopic (exact) mass is 498 g/mol. The molecule has 30 heavy (non-hydrogen) atoms. The summed E-state index contributed by atoms with van der Waals surface area (Å²) in [5.41, 5.74) is 1.40. The molecule has 154 valence electrons. The Bertz CT molecular complexity index is 1090. The Morgan fingerprint density at radius 1 is 0.833 bits per heavy atom. The van der Waals surface area contributed by atoms with Crippen LogP contribution in [0, 0.1) is 0 Å². The molecule has 0 radical (unpaired) electrons. The molecule has 0 aliphatic carbocycles. The van der Waals surface area contributed by atoms with Gasteiger partial charge in [-0.2, -0.15) is 0 Å². The van der Waals surface area contributed by atoms with E-state index in [4.69, 9.17) is 46.4 Å². The number of halogens is 4. The van der Waals surface area contributed by atoms with Crippen molar-refractivity contribution in [2.24, 2.45) is 0 Å². The smallest absolute Gasteiger partial charge is 0.257 e. The number of rotatable bonds is 6. The zero-order valence-electron chi connectivity index (χ0n) is 15.2. The van der Waals surface area contributed by atoms with Crippen molar-refractivity contribution in [2.45, 2.75) is 4.90 Å². The molecule has 3 aromatic carbocycles. The van der Waals surface area contributed by atoms with Gasteiger partial charge >= 0.3 is 0 Å². The number of anilines is 2. The van der Waals surface area contributed by atoms with Crippen LogP contribution in [0.2, 0.25) is 20.1 Å². The van der Waals surface area contributed by atoms with Gasteiger partial charge in [-0.25, -0.2) is 0 Å². The summed E-state index contributed by atoms with van der Waals surface area (Å²) < 4.78 is 0. The average molecular weight is 500 g/mol. The fourth-order valence-corrected chi connectivity index (χ4v) is 3.98. The number of hydrogen-bond acceptors (Lipinski definition) is 3. The van der Waals surface area contributed by atoms with Crippen LogP contribution in [0.5, 0.6) is 0 Å². The van der Waals surface area contributed by atoms with Crippen molar-refractivity contribution in [3.05, 3.63) is 86.3 Å². The van der Waals surface area contributed by atoms with Crippen LogP contribution in [-0.2, 0) is 4.79 Å². The fraction of sp³-hybridized carbons (Fsp3) is 0.0476. The minimum Gasteiger partial charge on any atom is -0.324 e. The van der Waals surface area contributed by atoms with Crippen molar-refractivity contribution in [3.8, 4) is 0 Å². The Morgan fingerprint density at radius 2 is 1.57 bits per heavy atom. The van der Waals surface area contributed by atoms with Gasteiger partial charge in [-0.3, -0.25) is 9.59 Å². The van der Waals surface area contributed by atoms with E-state index in [2.05, 4.69) is 10.6 Å². The Morgan fingerprint density at radius 3 is 2.27 bits per heavy atom. The lowest BCUT2D eigenvalue weighted by molar-refractivity contribution is -0.113. The molecule has 0 aromatic heterocycles. The van der Waals surface area contributed by atoms with Crippen LogP contribution in [0.1, 0.15) is 10.4 Å². The molecule has 3 aromatic rings. The zero-order chi connectivity index (χ0) is 21.7. The third kappa shape index (κ3) is 6.06. The number of hydrogen-bond donors (Lipinski definition) is 2. The third-order valence-corrected chi connectivity index (χ3v) is 6.26. The molecule has 0 spiro atoms. The van der Waals surface area contributed by atoms with Gasteiger partial charge in [0.2, 0.25) is 5.91 Å². The summed E-state index contributed by atoms with van der Waals surface area (Å²) in [7, 11) is 0. The second-order valence-electron chi connectivity index (χ2n) is 6.04. The first-order chi connectivity index (χ1) is 14.3. The standard InChI is InChI=1S/C21H14Cl4N2O2S/c22-12-4-9-15(17(24)10-12)21(29)26-13-5-7-14(8-6-13)30-11-19(28)27-18-3-1-2-16(23)20(18)25/h1-10H,11H2,(H,26,29)(H,27,28). The van der Waals surface area contributed by atoms with Crippen molar-refractivity contribution >= 4 is 81.4 Å². The molecule has 0 atom stereocenters. The van der Waals surface area contributed by atoms with E-state index in [0.717, 1.165) is 4.90 Å². The highest BCUT2D eigenvalue weighted by Gasteiger charge is 2.12. The fourth-order valence-electron chi connectivity index (χ4n) is 2.44. The Hall–Kier alpha value is -1.89. The lowest BCUT2D eigenvalue weighted by Gasteiger charge is -2.09. The van der Waals surface area contributed by atoms with Crippen LogP contribution < -0.4 is 10.6 Å². The topological polar surface area (TPSA) is 58.2 Å². The number of amides is 2. The first-order valence-corrected chi connectivity index (χ1v) is 11.1. The van der Waals surface area contributed by atoms with Crippen LogP contribution in [0.3, 0.4) is 0 Å². The SMILES string of the molecule is O=C(CSc1ccc(NC(=O)c2ccc(Cl)cc2Cl)cc1)Nc1cccc(Cl)c1Cl. The van der Waals surface area contributed by atoms with Crippen LogP contribution in [-0.4, -0.2) is 17.6 Å². The molecule has 2 amide bonds. The number of carbonyl (C=O) groups excluding carboxylic acids is 2. The van der Waals surface area contributed by atoms with Gasteiger partial charge < -0.3 is 10.6 Å². The van der Waals surface area contributed by atoms with Gasteiger partial charge in [0.25, 0.3) is 5.91 Å². The summed E-state index contributed by atoms with van der Waals surface area (Å²) in [6.45, 7) is 0. The van der Waals surface area contributed by atoms with Crippen LogP contribution in [0.25, 0.3) is 0 Å². The summed E-state index contributed by atoms with van der Waals surface area (Å²) in [5.74, 6) is -0.358. The van der Waals surface area contributed by atoms with Crippen LogP contribution in [0.4, 0.5) is 11.4 Å². The molecule has 0 aliphatic rings. The number of nitrogens with one attached hydrogen (secondary N) is 2. The van der Waals surface area contributed by atoms with Crippen LogP contribution >= 0.6 is 58.2 Å². The zero-order valence-corrected chi connectivity index (χ0v) is 19.1. The largest absolute Gasteiger partial charge is 0.324 e. The summed E-state index contributed by atoms with van der Waals surface area (Å²) in [6.07, 6.45) is 0. The average Bonchev–Trinajstić information content (AvgIpc) is 2.71. The van der Waals surface area contributed by atoms with E-state index in [-0.39, 0.29) is 22.6 Å². The maximum atomic E-state index is 12.4. The summed E-state index contributed by atoms with van der Waals surface area (Å²) in [4.78, 5) is 25.4. The van der Waals surface area contributed by atoms with Gasteiger partial charge in [0.05, 0.1) is 32.1 Å². The second-order valence-corrected chi connectivity index (χ2v) is 8.72. The van der Waals surface area contributed by atoms with Gasteiger partial charge in [0, 0.05) is 15.6 Å². The number of carbonyl (C=O) groups is 2. The molecule has 0 saturated heterocycles. The van der Waals surface area contributed by atoms with E-state index >= 15 is 0 Å². The van der Waals surface area contributed by atoms with E-state index < -0.39 is 0 Å². The molecule has 0 aliphatic heterocycles. The molecule has 9 heteroatoms. The van der Waals surface area contributed by atoms with Crippen LogP contribution in [0.15, 0.2) is 65.6 Å². The van der Waals surface area contributed by atoms with Gasteiger partial charge in [0.15, 0.2) is 0 Å². The maximum Gasteiger partial charge on any atom is 0.257 e. The number of thioether (sulfide) groups is 1. The normalized spacial score (nSPS) is 10.5. The first-order valence-electron chi connectivity index (χ1n) is 8.56. The maximum absolute atomic E-state index is 12.4. The van der Waals surface area contributed by atoms with E-state index in [9.17, 15) is 9.59 Å². The Balaban J connectivity index is 1.54. The second kappa shape index (κ2) is 10.4. The van der Waals surface area contributed by atoms with E-state index in [1.807, 2.05) is 12.1 Å². The lowest BCUT2D eigenvalue weighted by atomic mass is 10.2. The van der Waals surface area contributed by atoms with Crippen molar-refractivity contribution in [3.63, 3.8) is 0 Å². The molecule has 0 bridgehead atoms. The van der Waals surface area contributed by atoms with Gasteiger partial charge in [-0.15, -0.1) is 11.8 Å². The summed E-state index contributed by atoms with van der Waals surface area (Å²) in [6, 6.07) is 16.8. The van der Waals surface area contributed by atoms with E-state index in [1.165, 1.54) is 17.8 Å². The van der Waals surface area contributed by atoms with Crippen molar-refractivity contribution in [1.29, 1.82) is 0 Å². The third-order valence-electron chi connectivity index (χ3n) is 3.88. The predicted molar refractivity (Wildman–Crippen MR) is 127 cm³/mol. The minimum atomic E-state index is -0.338. The van der Waals surface area contributed by atoms with Gasteiger partial charge in [0.1, 0.15) is 0 Å². The lowest BCUT2D eigenvalue weighted by Crippen LogP contribution is -2.14. The van der Waals surface area contributed by atoms with E-state index in [0.29, 0.717) is 32.0 Å². The predicted octanol–water partition coefficient (Wildman–Crippen LogP) is 7.28. The minimum absolute atomic E-state index is 0.189. The molecular weight excluding hydrogens is 486 g/mol. The molecule has 0 fully saturated rings. The number of benzene rings is 3. The van der Waals surface area contributed by atoms with Gasteiger partial charge in [-0.05, 0) is 54.6 Å². The molecule has 0 unspecified atom stereocenters. The molecular formula is C21H14Cl4N2O2S. The van der Waals surface area contributed by atoms with Crippen molar-refractivity contribution in [1.82, 2.24) is 0 Å². The van der Waals surface area contributed by atoms with E-state index in [1.54, 1.807) is 42.5 Å². The van der Waals surface area contributed by atoms with Crippen molar-refractivity contribution in [2.75, 3.05) is 16.4 Å². The van der Waals surface area contributed by atoms with Gasteiger partial charge in [-0.1, -0.05) is 52.5 Å². The summed E-state index contributed by atoms with van der Waals surface area (Å²) in [5, 5.41) is 6.92. The van der Waals surface area contributed by atoms with Crippen molar-refractivity contribution < 1.29 is 9.59 Å². The molecule has 3 rings (SSSR count).